The summed E-state index contributed by atoms with van der Waals surface area (Å²) < 4.78 is 26.9. The number of nitrogens with two attached hydrogens (primary N) is 1. The topological polar surface area (TPSA) is 72.2 Å². The fraction of sp³-hybridized carbons (Fsp3) is 1.00. The summed E-state index contributed by atoms with van der Waals surface area (Å²) >= 11 is 0. The van der Waals surface area contributed by atoms with Crippen LogP contribution in [0.4, 0.5) is 0 Å². The van der Waals surface area contributed by atoms with Gasteiger partial charge in [0, 0.05) is 21.3 Å². The van der Waals surface area contributed by atoms with Gasteiger partial charge in [0.15, 0.2) is 0 Å². The number of methoxy groups -OCH3 is 3. The highest BCUT2D eigenvalue weighted by molar-refractivity contribution is 5.98. The first kappa shape index (κ1) is 17.0. The zero-order valence-corrected chi connectivity index (χ0v) is 13.4. The Morgan fingerprint density at radius 2 is 1.82 bits per heavy atom. The van der Waals surface area contributed by atoms with E-state index >= 15 is 0 Å². The molecule has 6 nitrogen and oxygen atoms in total. The fourth-order valence-electron chi connectivity index (χ4n) is 1.54. The van der Waals surface area contributed by atoms with Crippen LogP contribution >= 0.6 is 0 Å². The van der Waals surface area contributed by atoms with Gasteiger partial charge in [0.1, 0.15) is 22.9 Å². The Balaban J connectivity index is 4.73. The lowest BCUT2D eigenvalue weighted by Gasteiger charge is -2.38. The molecule has 0 saturated heterocycles. The summed E-state index contributed by atoms with van der Waals surface area (Å²) in [6.45, 7) is 2.37. The van der Waals surface area contributed by atoms with Gasteiger partial charge >= 0.3 is 5.97 Å². The minimum atomic E-state index is -1.26. The lowest BCUT2D eigenvalue weighted by atomic mass is 10.1. The SMILES string of the molecule is COC(CCCN)C(OC)(OC)OC(C)O[SiH3]. The van der Waals surface area contributed by atoms with E-state index in [4.69, 9.17) is 29.1 Å². The molecule has 0 aromatic rings. The molecule has 0 heterocycles. The van der Waals surface area contributed by atoms with Gasteiger partial charge in [-0.15, -0.1) is 0 Å². The van der Waals surface area contributed by atoms with Crippen LogP contribution in [0, 0.1) is 0 Å². The number of hydrogen-bond donors (Lipinski definition) is 1. The second-order valence-corrected chi connectivity index (χ2v) is 4.06. The van der Waals surface area contributed by atoms with Crippen LogP contribution in [0.2, 0.25) is 0 Å². The maximum Gasteiger partial charge on any atom is 0.312 e. The van der Waals surface area contributed by atoms with E-state index in [1.165, 1.54) is 14.2 Å². The molecule has 0 aromatic carbocycles. The molecule has 0 aromatic heterocycles. The Hall–Kier alpha value is -0.0231. The highest BCUT2D eigenvalue weighted by Crippen LogP contribution is 2.26. The first-order valence-electron chi connectivity index (χ1n) is 5.63. The van der Waals surface area contributed by atoms with Crippen LogP contribution in [0.1, 0.15) is 19.8 Å². The number of hydrogen-bond acceptors (Lipinski definition) is 6. The van der Waals surface area contributed by atoms with Gasteiger partial charge in [0.05, 0.1) is 0 Å². The van der Waals surface area contributed by atoms with Crippen molar-refractivity contribution in [2.45, 2.75) is 38.1 Å². The minimum Gasteiger partial charge on any atom is -0.404 e. The van der Waals surface area contributed by atoms with E-state index in [9.17, 15) is 0 Å². The smallest absolute Gasteiger partial charge is 0.312 e. The van der Waals surface area contributed by atoms with E-state index in [1.54, 1.807) is 14.0 Å². The molecule has 7 heteroatoms. The summed E-state index contributed by atoms with van der Waals surface area (Å²) in [5.74, 6) is -1.26. The standard InChI is InChI=1S/C10H25NO5Si/c1-8(16-17)15-10(13-3,14-4)9(12-2)6-5-7-11/h8-9H,5-7,11H2,1-4,17H3. The predicted molar refractivity (Wildman–Crippen MR) is 67.4 cm³/mol. The number of rotatable bonds is 10. The summed E-state index contributed by atoms with van der Waals surface area (Å²) in [6.07, 6.45) is 0.715. The molecule has 0 radical (unpaired) electrons. The first-order chi connectivity index (χ1) is 8.10. The van der Waals surface area contributed by atoms with Gasteiger partial charge in [0.2, 0.25) is 0 Å². The van der Waals surface area contributed by atoms with Crippen molar-refractivity contribution in [2.75, 3.05) is 27.9 Å². The van der Waals surface area contributed by atoms with Crippen molar-refractivity contribution in [1.82, 2.24) is 0 Å². The highest BCUT2D eigenvalue weighted by Gasteiger charge is 2.42. The van der Waals surface area contributed by atoms with Crippen molar-refractivity contribution >= 4 is 10.5 Å². The van der Waals surface area contributed by atoms with E-state index in [0.29, 0.717) is 23.5 Å². The van der Waals surface area contributed by atoms with Crippen LogP contribution in [0.3, 0.4) is 0 Å². The van der Waals surface area contributed by atoms with Crippen LogP contribution in [0.15, 0.2) is 0 Å². The molecule has 0 saturated carbocycles. The summed E-state index contributed by atoms with van der Waals surface area (Å²) in [4.78, 5) is 0. The van der Waals surface area contributed by atoms with Crippen LogP contribution in [0.25, 0.3) is 0 Å². The van der Waals surface area contributed by atoms with Crippen molar-refractivity contribution in [1.29, 1.82) is 0 Å². The van der Waals surface area contributed by atoms with Crippen LogP contribution in [-0.4, -0.2) is 56.7 Å². The van der Waals surface area contributed by atoms with Crippen LogP contribution < -0.4 is 5.73 Å². The molecule has 0 amide bonds. The Bertz CT molecular complexity index is 192. The van der Waals surface area contributed by atoms with E-state index in [0.717, 1.165) is 6.42 Å². The molecule has 0 aliphatic heterocycles. The molecule has 2 N–H and O–H groups in total. The van der Waals surface area contributed by atoms with Crippen molar-refractivity contribution in [3.05, 3.63) is 0 Å². The third kappa shape index (κ3) is 5.00. The molecule has 0 fully saturated rings. The summed E-state index contributed by atoms with van der Waals surface area (Å²) in [5, 5.41) is 0. The largest absolute Gasteiger partial charge is 0.404 e. The maximum absolute atomic E-state index is 5.64. The Labute approximate surface area is 106 Å². The second kappa shape index (κ2) is 8.98. The van der Waals surface area contributed by atoms with Gasteiger partial charge < -0.3 is 24.4 Å². The lowest BCUT2D eigenvalue weighted by molar-refractivity contribution is -0.426. The molecular weight excluding hydrogens is 242 g/mol. The highest BCUT2D eigenvalue weighted by atomic mass is 28.2. The van der Waals surface area contributed by atoms with E-state index in [1.807, 2.05) is 0 Å². The predicted octanol–water partition coefficient (Wildman–Crippen LogP) is -0.653. The van der Waals surface area contributed by atoms with Crippen molar-refractivity contribution in [2.24, 2.45) is 5.73 Å². The third-order valence-electron chi connectivity index (χ3n) is 2.58. The summed E-state index contributed by atoms with van der Waals surface area (Å²) in [7, 11) is 5.19. The van der Waals surface area contributed by atoms with Gasteiger partial charge in [-0.1, -0.05) is 0 Å². The Kier molecular flexibility index (Phi) is 8.97. The Morgan fingerprint density at radius 1 is 1.24 bits per heavy atom. The molecule has 2 unspecified atom stereocenters. The zero-order valence-electron chi connectivity index (χ0n) is 11.4. The van der Waals surface area contributed by atoms with Gasteiger partial charge in [-0.05, 0) is 26.3 Å². The second-order valence-electron chi connectivity index (χ2n) is 3.59. The lowest BCUT2D eigenvalue weighted by Crippen LogP contribution is -2.51. The van der Waals surface area contributed by atoms with Crippen LogP contribution in [-0.2, 0) is 23.4 Å². The van der Waals surface area contributed by atoms with Crippen molar-refractivity contribution in [3.63, 3.8) is 0 Å². The average molecular weight is 267 g/mol. The zero-order chi connectivity index (χ0) is 13.3. The number of ether oxygens (including phenoxy) is 4. The van der Waals surface area contributed by atoms with Crippen molar-refractivity contribution < 1.29 is 23.4 Å². The van der Waals surface area contributed by atoms with Crippen LogP contribution in [0.5, 0.6) is 0 Å². The maximum atomic E-state index is 5.64. The molecule has 17 heavy (non-hydrogen) atoms. The fourth-order valence-corrected chi connectivity index (χ4v) is 1.64. The normalized spacial score (nSPS) is 16.1. The molecule has 0 rings (SSSR count). The minimum absolute atomic E-state index is 0.361. The van der Waals surface area contributed by atoms with Gasteiger partial charge in [-0.3, -0.25) is 4.74 Å². The average Bonchev–Trinajstić information content (AvgIpc) is 2.37. The molecule has 0 spiro atoms. The third-order valence-corrected chi connectivity index (χ3v) is 3.24. The monoisotopic (exact) mass is 267 g/mol. The quantitative estimate of drug-likeness (QED) is 0.419. The molecule has 0 aliphatic rings. The van der Waals surface area contributed by atoms with E-state index in [2.05, 4.69) is 0 Å². The molecule has 104 valence electrons. The molecule has 0 bridgehead atoms. The van der Waals surface area contributed by atoms with Gasteiger partial charge in [0.25, 0.3) is 0 Å². The summed E-state index contributed by atoms with van der Waals surface area (Å²) in [5.41, 5.74) is 5.49. The van der Waals surface area contributed by atoms with E-state index < -0.39 is 12.3 Å². The van der Waals surface area contributed by atoms with Crippen molar-refractivity contribution in [3.8, 4) is 0 Å². The van der Waals surface area contributed by atoms with Gasteiger partial charge in [-0.25, -0.2) is 0 Å². The summed E-state index contributed by atoms with van der Waals surface area (Å²) in [6, 6.07) is 0. The van der Waals surface area contributed by atoms with Gasteiger partial charge in [-0.2, -0.15) is 0 Å². The molecular formula is C10H25NO5Si. The molecule has 0 aliphatic carbocycles. The Morgan fingerprint density at radius 3 is 2.18 bits per heavy atom. The molecule has 2 atom stereocenters. The van der Waals surface area contributed by atoms with E-state index in [-0.39, 0.29) is 6.10 Å². The first-order valence-corrected chi connectivity index (χ1v) is 6.45.